The van der Waals surface area contributed by atoms with Gasteiger partial charge in [-0.15, -0.1) is 0 Å². The number of methoxy groups -OCH3 is 1. The van der Waals surface area contributed by atoms with E-state index >= 15 is 0 Å². The summed E-state index contributed by atoms with van der Waals surface area (Å²) in [6.45, 7) is 5.36. The molecule has 3 N–H and O–H groups in total. The molecular weight excluding hydrogens is 433 g/mol. The number of nitrogens with zero attached hydrogens (tertiary/aromatic N) is 4. The van der Waals surface area contributed by atoms with Gasteiger partial charge in [-0.2, -0.15) is 15.0 Å². The summed E-state index contributed by atoms with van der Waals surface area (Å²) in [4.78, 5) is 13.7. The molecule has 0 amide bonds. The third-order valence-corrected chi connectivity index (χ3v) is 7.12. The van der Waals surface area contributed by atoms with Crippen LogP contribution in [0, 0.1) is 11.7 Å². The molecule has 2 heterocycles. The second kappa shape index (κ2) is 11.6. The molecule has 4 rings (SSSR count). The van der Waals surface area contributed by atoms with Crippen LogP contribution in [-0.2, 0) is 0 Å². The monoisotopic (exact) mass is 472 g/mol. The summed E-state index contributed by atoms with van der Waals surface area (Å²) in [6.07, 6.45) is 10.1. The van der Waals surface area contributed by atoms with E-state index in [4.69, 9.17) is 4.74 Å². The summed E-state index contributed by atoms with van der Waals surface area (Å²) < 4.78 is 20.3. The molecule has 0 spiro atoms. The van der Waals surface area contributed by atoms with E-state index in [1.165, 1.54) is 71.2 Å². The molecule has 1 aromatic heterocycles. The Morgan fingerprint density at radius 2 is 1.68 bits per heavy atom. The fraction of sp³-hybridized carbons (Fsp3) is 0.640. The first-order chi connectivity index (χ1) is 16.5. The van der Waals surface area contributed by atoms with Crippen molar-refractivity contribution >= 4 is 23.5 Å². The van der Waals surface area contributed by atoms with Crippen molar-refractivity contribution in [1.82, 2.24) is 15.0 Å². The molecule has 0 unspecified atom stereocenters. The first-order valence-electron chi connectivity index (χ1n) is 12.7. The number of hydrogen-bond donors (Lipinski definition) is 3. The van der Waals surface area contributed by atoms with Crippen LogP contribution in [-0.4, -0.2) is 66.3 Å². The molecule has 1 saturated carbocycles. The summed E-state index contributed by atoms with van der Waals surface area (Å²) >= 11 is 0. The minimum Gasteiger partial charge on any atom is -0.494 e. The molecule has 1 aromatic carbocycles. The highest BCUT2D eigenvalue weighted by Crippen LogP contribution is 2.25. The molecule has 0 atom stereocenters. The summed E-state index contributed by atoms with van der Waals surface area (Å²) in [5, 5.41) is 9.90. The van der Waals surface area contributed by atoms with Gasteiger partial charge in [0.05, 0.1) is 33.8 Å². The molecule has 34 heavy (non-hydrogen) atoms. The number of benzene rings is 1. The maximum absolute atomic E-state index is 14.2. The number of hydrogen-bond acceptors (Lipinski definition) is 7. The van der Waals surface area contributed by atoms with Gasteiger partial charge in [-0.1, -0.05) is 19.3 Å². The Balaban J connectivity index is 1.41. The number of likely N-dealkylation sites (tertiary alicyclic amines) is 1. The van der Waals surface area contributed by atoms with Crippen molar-refractivity contribution in [1.29, 1.82) is 0 Å². The number of anilines is 4. The Morgan fingerprint density at radius 3 is 2.38 bits per heavy atom. The van der Waals surface area contributed by atoms with Crippen molar-refractivity contribution in [2.75, 3.05) is 62.8 Å². The zero-order chi connectivity index (χ0) is 23.8. The Hall–Kier alpha value is -2.68. The third-order valence-electron chi connectivity index (χ3n) is 7.12. The van der Waals surface area contributed by atoms with E-state index in [9.17, 15) is 4.39 Å². The maximum Gasteiger partial charge on any atom is 0.233 e. The van der Waals surface area contributed by atoms with Gasteiger partial charge in [-0.25, -0.2) is 4.39 Å². The van der Waals surface area contributed by atoms with Gasteiger partial charge in [0.25, 0.3) is 0 Å². The molecule has 2 fully saturated rings. The standard InChI is InChI=1S/C25H39FN7O/c1-33(14-6-7-15-33)16-8-13-27-23-30-24(28-18-19-9-4-3-5-10-19)32-25(31-23)29-20-11-12-22(34-2)21(26)17-20/h11-12,17,19H,3-10,13-16,18H2,1-2H3,(H3,27,28,29,30,31,32)/q+1. The van der Waals surface area contributed by atoms with Crippen LogP contribution in [0.3, 0.4) is 0 Å². The van der Waals surface area contributed by atoms with E-state index in [1.807, 2.05) is 0 Å². The summed E-state index contributed by atoms with van der Waals surface area (Å²) in [5.74, 6) is 1.87. The first kappa shape index (κ1) is 24.4. The topological polar surface area (TPSA) is 84.0 Å². The molecule has 0 bridgehead atoms. The van der Waals surface area contributed by atoms with Gasteiger partial charge in [0.2, 0.25) is 17.8 Å². The second-order valence-corrected chi connectivity index (χ2v) is 9.94. The van der Waals surface area contributed by atoms with Crippen molar-refractivity contribution in [3.05, 3.63) is 24.0 Å². The predicted molar refractivity (Wildman–Crippen MR) is 134 cm³/mol. The maximum atomic E-state index is 14.2. The van der Waals surface area contributed by atoms with Gasteiger partial charge in [-0.3, -0.25) is 0 Å². The number of halogens is 1. The number of nitrogens with one attached hydrogen (secondary N) is 3. The van der Waals surface area contributed by atoms with E-state index < -0.39 is 5.82 Å². The first-order valence-corrected chi connectivity index (χ1v) is 12.7. The van der Waals surface area contributed by atoms with Crippen molar-refractivity contribution in [2.45, 2.75) is 51.4 Å². The molecular formula is C25H39FN7O+. The molecule has 0 radical (unpaired) electrons. The lowest BCUT2D eigenvalue weighted by Crippen LogP contribution is -2.42. The Bertz CT molecular complexity index is 929. The average molecular weight is 473 g/mol. The highest BCUT2D eigenvalue weighted by molar-refractivity contribution is 5.57. The van der Waals surface area contributed by atoms with Crippen LogP contribution in [0.25, 0.3) is 0 Å². The van der Waals surface area contributed by atoms with Gasteiger partial charge in [-0.05, 0) is 30.9 Å². The van der Waals surface area contributed by atoms with Crippen LogP contribution in [0.1, 0.15) is 51.4 Å². The SMILES string of the molecule is COc1ccc(Nc2nc(NCCC[N+]3(C)CCCC3)nc(NCC3CCCCC3)n2)cc1F. The van der Waals surface area contributed by atoms with Crippen LogP contribution >= 0.6 is 0 Å². The number of rotatable bonds is 11. The van der Waals surface area contributed by atoms with Gasteiger partial charge >= 0.3 is 0 Å². The molecule has 1 aliphatic carbocycles. The number of ether oxygens (including phenoxy) is 1. The molecule has 1 saturated heterocycles. The fourth-order valence-corrected chi connectivity index (χ4v) is 5.07. The largest absolute Gasteiger partial charge is 0.494 e. The van der Waals surface area contributed by atoms with E-state index in [0.29, 0.717) is 29.5 Å². The molecule has 9 heteroatoms. The summed E-state index contributed by atoms with van der Waals surface area (Å²) in [6, 6.07) is 4.71. The number of aromatic nitrogens is 3. The smallest absolute Gasteiger partial charge is 0.233 e. The van der Waals surface area contributed by atoms with Crippen LogP contribution in [0.2, 0.25) is 0 Å². The second-order valence-electron chi connectivity index (χ2n) is 9.94. The Morgan fingerprint density at radius 1 is 0.971 bits per heavy atom. The van der Waals surface area contributed by atoms with Crippen LogP contribution in [0.15, 0.2) is 18.2 Å². The fourth-order valence-electron chi connectivity index (χ4n) is 5.07. The van der Waals surface area contributed by atoms with E-state index in [2.05, 4.69) is 37.9 Å². The number of quaternary nitrogens is 1. The lowest BCUT2D eigenvalue weighted by atomic mass is 9.89. The van der Waals surface area contributed by atoms with Gasteiger partial charge < -0.3 is 25.2 Å². The minimum atomic E-state index is -0.436. The van der Waals surface area contributed by atoms with Crippen molar-refractivity contribution in [2.24, 2.45) is 5.92 Å². The van der Waals surface area contributed by atoms with Crippen LogP contribution in [0.4, 0.5) is 27.9 Å². The van der Waals surface area contributed by atoms with E-state index in [-0.39, 0.29) is 5.75 Å². The van der Waals surface area contributed by atoms with Crippen molar-refractivity contribution in [3.8, 4) is 5.75 Å². The van der Waals surface area contributed by atoms with Crippen molar-refractivity contribution < 1.29 is 13.6 Å². The van der Waals surface area contributed by atoms with Gasteiger partial charge in [0.1, 0.15) is 0 Å². The lowest BCUT2D eigenvalue weighted by molar-refractivity contribution is -0.897. The highest BCUT2D eigenvalue weighted by atomic mass is 19.1. The van der Waals surface area contributed by atoms with Crippen LogP contribution < -0.4 is 20.7 Å². The average Bonchev–Trinajstić information content (AvgIpc) is 3.28. The predicted octanol–water partition coefficient (Wildman–Crippen LogP) is 4.80. The Kier molecular flexibility index (Phi) is 8.37. The van der Waals surface area contributed by atoms with Crippen LogP contribution in [0.5, 0.6) is 5.75 Å². The van der Waals surface area contributed by atoms with Crippen molar-refractivity contribution in [3.63, 3.8) is 0 Å². The zero-order valence-corrected chi connectivity index (χ0v) is 20.6. The summed E-state index contributed by atoms with van der Waals surface area (Å²) in [7, 11) is 3.80. The van der Waals surface area contributed by atoms with E-state index in [1.54, 1.807) is 12.1 Å². The Labute approximate surface area is 202 Å². The normalized spacial score (nSPS) is 18.0. The molecule has 1 aliphatic heterocycles. The third kappa shape index (κ3) is 6.91. The van der Waals surface area contributed by atoms with Gasteiger partial charge in [0.15, 0.2) is 11.6 Å². The highest BCUT2D eigenvalue weighted by Gasteiger charge is 2.25. The summed E-state index contributed by atoms with van der Waals surface area (Å²) in [5.41, 5.74) is 0.556. The minimum absolute atomic E-state index is 0.202. The van der Waals surface area contributed by atoms with Gasteiger partial charge in [0, 0.05) is 44.1 Å². The molecule has 2 aromatic rings. The molecule has 186 valence electrons. The van der Waals surface area contributed by atoms with E-state index in [0.717, 1.165) is 30.5 Å². The molecule has 8 nitrogen and oxygen atoms in total. The zero-order valence-electron chi connectivity index (χ0n) is 20.6. The quantitative estimate of drug-likeness (QED) is 0.320. The molecule has 2 aliphatic rings. The lowest BCUT2D eigenvalue weighted by Gasteiger charge is -2.29.